The number of rotatable bonds is 5. The molecule has 5 nitrogen and oxygen atoms in total. The fourth-order valence-electron chi connectivity index (χ4n) is 3.49. The number of guanidine groups is 1. The minimum absolute atomic E-state index is 0.505. The predicted octanol–water partition coefficient (Wildman–Crippen LogP) is 2.77. The van der Waals surface area contributed by atoms with E-state index in [4.69, 9.17) is 0 Å². The Kier molecular flexibility index (Phi) is 6.23. The summed E-state index contributed by atoms with van der Waals surface area (Å²) < 4.78 is 0. The number of fused-ring (bicyclic) bond motifs is 1. The number of pyridine rings is 1. The average Bonchev–Trinajstić information content (AvgIpc) is 2.66. The Bertz CT molecular complexity index is 699. The number of benzene rings is 1. The molecule has 3 rings (SSSR count). The van der Waals surface area contributed by atoms with E-state index >= 15 is 0 Å². The molecular weight excluding hydrogens is 310 g/mol. The van der Waals surface area contributed by atoms with Crippen LogP contribution in [-0.2, 0) is 6.54 Å². The number of nitrogens with one attached hydrogen (secondary N) is 2. The van der Waals surface area contributed by atoms with Gasteiger partial charge in [0.05, 0.1) is 5.52 Å². The van der Waals surface area contributed by atoms with Crippen LogP contribution < -0.4 is 10.6 Å². The molecule has 25 heavy (non-hydrogen) atoms. The zero-order chi connectivity index (χ0) is 17.5. The van der Waals surface area contributed by atoms with Crippen LogP contribution in [0, 0.1) is 0 Å². The van der Waals surface area contributed by atoms with Gasteiger partial charge in [-0.15, -0.1) is 0 Å². The number of piperidine rings is 1. The lowest BCUT2D eigenvalue weighted by molar-refractivity contribution is 0.206. The van der Waals surface area contributed by atoms with Crippen LogP contribution in [0.2, 0.25) is 0 Å². The highest BCUT2D eigenvalue weighted by molar-refractivity contribution is 5.83. The highest BCUT2D eigenvalue weighted by Crippen LogP contribution is 2.15. The third-order valence-corrected chi connectivity index (χ3v) is 4.85. The lowest BCUT2D eigenvalue weighted by Crippen LogP contribution is -2.48. The summed E-state index contributed by atoms with van der Waals surface area (Å²) >= 11 is 0. The van der Waals surface area contributed by atoms with E-state index in [1.54, 1.807) is 0 Å². The van der Waals surface area contributed by atoms with E-state index in [1.807, 2.05) is 19.3 Å². The molecule has 0 spiro atoms. The Labute approximate surface area is 150 Å². The van der Waals surface area contributed by atoms with Gasteiger partial charge >= 0.3 is 0 Å². The van der Waals surface area contributed by atoms with E-state index in [-0.39, 0.29) is 0 Å². The molecule has 0 radical (unpaired) electrons. The summed E-state index contributed by atoms with van der Waals surface area (Å²) in [5, 5.41) is 8.20. The second-order valence-electron chi connectivity index (χ2n) is 6.68. The van der Waals surface area contributed by atoms with Gasteiger partial charge in [-0.05, 0) is 37.4 Å². The van der Waals surface area contributed by atoms with E-state index in [0.717, 1.165) is 18.0 Å². The van der Waals surface area contributed by atoms with Crippen LogP contribution in [-0.4, -0.2) is 48.6 Å². The van der Waals surface area contributed by atoms with Crippen molar-refractivity contribution in [2.45, 2.75) is 38.8 Å². The van der Waals surface area contributed by atoms with Crippen molar-refractivity contribution in [3.63, 3.8) is 0 Å². The first kappa shape index (κ1) is 17.7. The molecule has 134 valence electrons. The van der Waals surface area contributed by atoms with E-state index in [9.17, 15) is 0 Å². The van der Waals surface area contributed by atoms with Gasteiger partial charge in [0.2, 0.25) is 0 Å². The highest BCUT2D eigenvalue weighted by atomic mass is 15.2. The number of hydrogen-bond donors (Lipinski definition) is 2. The van der Waals surface area contributed by atoms with Crippen molar-refractivity contribution < 1.29 is 0 Å². The number of para-hydroxylation sites is 1. The van der Waals surface area contributed by atoms with Crippen molar-refractivity contribution in [2.24, 2.45) is 4.99 Å². The minimum atomic E-state index is 0.505. The quantitative estimate of drug-likeness (QED) is 0.650. The Morgan fingerprint density at radius 1 is 1.24 bits per heavy atom. The molecule has 2 heterocycles. The smallest absolute Gasteiger partial charge is 0.191 e. The lowest BCUT2D eigenvalue weighted by atomic mass is 10.1. The van der Waals surface area contributed by atoms with Crippen molar-refractivity contribution in [1.82, 2.24) is 20.5 Å². The maximum Gasteiger partial charge on any atom is 0.191 e. The predicted molar refractivity (Wildman–Crippen MR) is 105 cm³/mol. The van der Waals surface area contributed by atoms with Gasteiger partial charge in [0.25, 0.3) is 0 Å². The van der Waals surface area contributed by atoms with Crippen molar-refractivity contribution in [1.29, 1.82) is 0 Å². The Balaban J connectivity index is 1.55. The molecule has 0 unspecified atom stereocenters. The summed E-state index contributed by atoms with van der Waals surface area (Å²) in [6.45, 7) is 6.54. The highest BCUT2D eigenvalue weighted by Gasteiger charge is 2.19. The average molecular weight is 339 g/mol. The summed E-state index contributed by atoms with van der Waals surface area (Å²) in [5.74, 6) is 0.877. The second-order valence-corrected chi connectivity index (χ2v) is 6.68. The van der Waals surface area contributed by atoms with Crippen LogP contribution in [0.1, 0.15) is 31.7 Å². The monoisotopic (exact) mass is 339 g/mol. The van der Waals surface area contributed by atoms with E-state index in [1.165, 1.54) is 49.8 Å². The summed E-state index contributed by atoms with van der Waals surface area (Å²) in [5.41, 5.74) is 2.25. The Morgan fingerprint density at radius 3 is 2.80 bits per heavy atom. The standard InChI is InChI=1S/C20H29N5/c1-3-12-25-13-9-18(10-14-25)24-20(21-2)23-15-17-7-4-6-16-8-5-11-22-19(16)17/h4-8,11,18H,3,9-10,12-15H2,1-2H3,(H2,21,23,24). The third-order valence-electron chi connectivity index (χ3n) is 4.85. The number of nitrogens with zero attached hydrogens (tertiary/aromatic N) is 3. The van der Waals surface area contributed by atoms with Crippen molar-refractivity contribution in [3.05, 3.63) is 42.1 Å². The largest absolute Gasteiger partial charge is 0.354 e. The molecule has 0 aliphatic carbocycles. The number of hydrogen-bond acceptors (Lipinski definition) is 3. The molecule has 0 amide bonds. The molecule has 2 N–H and O–H groups in total. The van der Waals surface area contributed by atoms with E-state index < -0.39 is 0 Å². The molecule has 5 heteroatoms. The number of aromatic nitrogens is 1. The third kappa shape index (κ3) is 4.69. The van der Waals surface area contributed by atoms with Crippen LogP contribution >= 0.6 is 0 Å². The fourth-order valence-corrected chi connectivity index (χ4v) is 3.49. The molecule has 0 bridgehead atoms. The number of likely N-dealkylation sites (tertiary alicyclic amines) is 1. The van der Waals surface area contributed by atoms with Crippen LogP contribution in [0.5, 0.6) is 0 Å². The molecule has 1 saturated heterocycles. The molecule has 1 aliphatic heterocycles. The first-order valence-corrected chi connectivity index (χ1v) is 9.32. The zero-order valence-electron chi connectivity index (χ0n) is 15.3. The van der Waals surface area contributed by atoms with Crippen molar-refractivity contribution >= 4 is 16.9 Å². The normalized spacial score (nSPS) is 17.0. The molecule has 0 atom stereocenters. The zero-order valence-corrected chi connectivity index (χ0v) is 15.3. The van der Waals surface area contributed by atoms with Gasteiger partial charge in [0, 0.05) is 44.3 Å². The van der Waals surface area contributed by atoms with E-state index in [2.05, 4.69) is 56.7 Å². The van der Waals surface area contributed by atoms with Gasteiger partial charge < -0.3 is 15.5 Å². The minimum Gasteiger partial charge on any atom is -0.354 e. The molecular formula is C20H29N5. The van der Waals surface area contributed by atoms with E-state index in [0.29, 0.717) is 6.04 Å². The lowest BCUT2D eigenvalue weighted by Gasteiger charge is -2.32. The van der Waals surface area contributed by atoms with Gasteiger partial charge in [-0.3, -0.25) is 9.98 Å². The van der Waals surface area contributed by atoms with Gasteiger partial charge in [-0.1, -0.05) is 31.2 Å². The van der Waals surface area contributed by atoms with Gasteiger partial charge in [-0.25, -0.2) is 0 Å². The van der Waals surface area contributed by atoms with Gasteiger partial charge in [0.1, 0.15) is 0 Å². The molecule has 0 saturated carbocycles. The molecule has 1 aliphatic rings. The van der Waals surface area contributed by atoms with Gasteiger partial charge in [-0.2, -0.15) is 0 Å². The number of aliphatic imine (C=N–C) groups is 1. The molecule has 1 fully saturated rings. The summed E-state index contributed by atoms with van der Waals surface area (Å²) in [6, 6.07) is 10.9. The maximum atomic E-state index is 4.52. The van der Waals surface area contributed by atoms with Crippen molar-refractivity contribution in [3.8, 4) is 0 Å². The maximum absolute atomic E-state index is 4.52. The van der Waals surface area contributed by atoms with Crippen molar-refractivity contribution in [2.75, 3.05) is 26.7 Å². The summed E-state index contributed by atoms with van der Waals surface area (Å²) in [6.07, 6.45) is 5.44. The molecule has 1 aromatic carbocycles. The Hall–Kier alpha value is -2.14. The van der Waals surface area contributed by atoms with Crippen LogP contribution in [0.3, 0.4) is 0 Å². The Morgan fingerprint density at radius 2 is 2.04 bits per heavy atom. The first-order chi connectivity index (χ1) is 12.3. The van der Waals surface area contributed by atoms with Gasteiger partial charge in [0.15, 0.2) is 5.96 Å². The SMILES string of the molecule is CCCN1CCC(NC(=NC)NCc2cccc3cccnc23)CC1. The summed E-state index contributed by atoms with van der Waals surface area (Å²) in [4.78, 5) is 11.5. The topological polar surface area (TPSA) is 52.5 Å². The van der Waals surface area contributed by atoms with Crippen LogP contribution in [0.25, 0.3) is 10.9 Å². The van der Waals surface area contributed by atoms with Crippen LogP contribution in [0.15, 0.2) is 41.5 Å². The second kappa shape index (κ2) is 8.81. The van der Waals surface area contributed by atoms with Crippen LogP contribution in [0.4, 0.5) is 0 Å². The fraction of sp³-hybridized carbons (Fsp3) is 0.500. The molecule has 1 aromatic heterocycles. The summed E-state index contributed by atoms with van der Waals surface area (Å²) in [7, 11) is 1.84. The first-order valence-electron chi connectivity index (χ1n) is 9.32. The molecule has 2 aromatic rings.